The summed E-state index contributed by atoms with van der Waals surface area (Å²) in [6, 6.07) is 8.28. The predicted molar refractivity (Wildman–Crippen MR) is 88.6 cm³/mol. The van der Waals surface area contributed by atoms with Gasteiger partial charge in [0.1, 0.15) is 0 Å². The van der Waals surface area contributed by atoms with Crippen molar-refractivity contribution in [3.05, 3.63) is 24.3 Å². The summed E-state index contributed by atoms with van der Waals surface area (Å²) < 4.78 is 5.41. The molecule has 0 aliphatic carbocycles. The maximum atomic E-state index is 5.41. The first-order valence-corrected chi connectivity index (χ1v) is 7.68. The predicted octanol–water partition coefficient (Wildman–Crippen LogP) is 2.61. The monoisotopic (exact) mass is 293 g/mol. The Labute approximate surface area is 126 Å². The van der Waals surface area contributed by atoms with Crippen LogP contribution in [0.5, 0.6) is 0 Å². The number of morpholine rings is 1. The minimum atomic E-state index is 0.694. The number of hydrogen-bond acceptors (Lipinski definition) is 3. The molecule has 0 amide bonds. The minimum absolute atomic E-state index is 0.694. The normalized spacial score (nSPS) is 14.9. The van der Waals surface area contributed by atoms with Crippen molar-refractivity contribution in [2.45, 2.75) is 19.8 Å². The Kier molecular flexibility index (Phi) is 6.08. The Bertz CT molecular complexity index is 433. The summed E-state index contributed by atoms with van der Waals surface area (Å²) in [6.45, 7) is 6.51. The van der Waals surface area contributed by atoms with Crippen LogP contribution in [-0.2, 0) is 4.74 Å². The van der Waals surface area contributed by atoms with Crippen molar-refractivity contribution in [2.24, 2.45) is 0 Å². The summed E-state index contributed by atoms with van der Waals surface area (Å²) in [6.07, 6.45) is 2.30. The van der Waals surface area contributed by atoms with E-state index in [-0.39, 0.29) is 0 Å². The summed E-state index contributed by atoms with van der Waals surface area (Å²) in [5.41, 5.74) is 2.25. The van der Waals surface area contributed by atoms with E-state index in [1.807, 2.05) is 6.07 Å². The van der Waals surface area contributed by atoms with Crippen LogP contribution in [-0.4, -0.2) is 38.0 Å². The number of ether oxygens (including phenoxy) is 1. The summed E-state index contributed by atoms with van der Waals surface area (Å²) in [5, 5.41) is 7.24. The van der Waals surface area contributed by atoms with Gasteiger partial charge in [0.05, 0.1) is 24.6 Å². The fourth-order valence-corrected chi connectivity index (χ4v) is 2.42. The lowest BCUT2D eigenvalue weighted by Crippen LogP contribution is -2.37. The molecular weight excluding hydrogens is 270 g/mol. The molecule has 1 aromatic carbocycles. The molecule has 1 fully saturated rings. The molecule has 0 atom stereocenters. The van der Waals surface area contributed by atoms with Crippen LogP contribution in [0.2, 0.25) is 0 Å². The van der Waals surface area contributed by atoms with E-state index >= 15 is 0 Å². The number of anilines is 2. The number of unbranched alkanes of at least 4 members (excludes halogenated alkanes) is 1. The van der Waals surface area contributed by atoms with E-state index in [2.05, 4.69) is 40.7 Å². The minimum Gasteiger partial charge on any atom is -0.378 e. The van der Waals surface area contributed by atoms with Crippen LogP contribution in [0.15, 0.2) is 24.3 Å². The number of nitrogens with zero attached hydrogens (tertiary/aromatic N) is 1. The van der Waals surface area contributed by atoms with Gasteiger partial charge in [-0.05, 0) is 30.8 Å². The highest BCUT2D eigenvalue weighted by molar-refractivity contribution is 7.80. The van der Waals surface area contributed by atoms with E-state index in [1.165, 1.54) is 12.1 Å². The Hall–Kier alpha value is -1.33. The smallest absolute Gasteiger partial charge is 0.170 e. The van der Waals surface area contributed by atoms with Crippen LogP contribution in [0.3, 0.4) is 0 Å². The molecule has 1 aromatic rings. The molecule has 1 aliphatic rings. The molecule has 0 bridgehead atoms. The van der Waals surface area contributed by atoms with Gasteiger partial charge in [0.25, 0.3) is 0 Å². The number of rotatable bonds is 5. The topological polar surface area (TPSA) is 36.5 Å². The van der Waals surface area contributed by atoms with E-state index in [0.29, 0.717) is 5.11 Å². The standard InChI is InChI=1S/C15H23N3OS/c1-2-3-8-16-15(20)17-13-6-4-5-7-14(13)18-9-11-19-12-10-18/h4-7H,2-3,8-12H2,1H3,(H2,16,17,20). The molecule has 0 radical (unpaired) electrons. The van der Waals surface area contributed by atoms with Crippen LogP contribution in [0.25, 0.3) is 0 Å². The van der Waals surface area contributed by atoms with Crippen LogP contribution in [0, 0.1) is 0 Å². The zero-order valence-corrected chi connectivity index (χ0v) is 12.8. The van der Waals surface area contributed by atoms with Gasteiger partial charge in [-0.2, -0.15) is 0 Å². The van der Waals surface area contributed by atoms with Crippen molar-refractivity contribution in [1.29, 1.82) is 0 Å². The van der Waals surface area contributed by atoms with Crippen molar-refractivity contribution in [3.8, 4) is 0 Å². The number of thiocarbonyl (C=S) groups is 1. The molecule has 20 heavy (non-hydrogen) atoms. The Balaban J connectivity index is 1.98. The second kappa shape index (κ2) is 8.07. The fourth-order valence-electron chi connectivity index (χ4n) is 2.20. The zero-order valence-electron chi connectivity index (χ0n) is 12.0. The van der Waals surface area contributed by atoms with Gasteiger partial charge in [-0.1, -0.05) is 25.5 Å². The van der Waals surface area contributed by atoms with E-state index in [1.54, 1.807) is 0 Å². The third kappa shape index (κ3) is 4.35. The van der Waals surface area contributed by atoms with Gasteiger partial charge in [0, 0.05) is 19.6 Å². The highest BCUT2D eigenvalue weighted by Crippen LogP contribution is 2.26. The largest absolute Gasteiger partial charge is 0.378 e. The highest BCUT2D eigenvalue weighted by atomic mass is 32.1. The lowest BCUT2D eigenvalue weighted by Gasteiger charge is -2.30. The van der Waals surface area contributed by atoms with Crippen molar-refractivity contribution < 1.29 is 4.74 Å². The van der Waals surface area contributed by atoms with Gasteiger partial charge in [-0.3, -0.25) is 0 Å². The van der Waals surface area contributed by atoms with E-state index in [4.69, 9.17) is 17.0 Å². The summed E-state index contributed by atoms with van der Waals surface area (Å²) in [5.74, 6) is 0. The molecule has 1 aliphatic heterocycles. The van der Waals surface area contributed by atoms with Gasteiger partial charge in [0.2, 0.25) is 0 Å². The van der Waals surface area contributed by atoms with Gasteiger partial charge in [0.15, 0.2) is 5.11 Å². The van der Waals surface area contributed by atoms with Crippen LogP contribution in [0.1, 0.15) is 19.8 Å². The maximum Gasteiger partial charge on any atom is 0.170 e. The Morgan fingerprint density at radius 2 is 2.05 bits per heavy atom. The van der Waals surface area contributed by atoms with Crippen LogP contribution < -0.4 is 15.5 Å². The van der Waals surface area contributed by atoms with Crippen molar-refractivity contribution in [1.82, 2.24) is 5.32 Å². The number of nitrogens with one attached hydrogen (secondary N) is 2. The molecule has 2 N–H and O–H groups in total. The lowest BCUT2D eigenvalue weighted by atomic mass is 10.2. The second-order valence-corrected chi connectivity index (χ2v) is 5.26. The average molecular weight is 293 g/mol. The highest BCUT2D eigenvalue weighted by Gasteiger charge is 2.14. The molecule has 0 saturated carbocycles. The third-order valence-corrected chi connectivity index (χ3v) is 3.57. The number of benzene rings is 1. The van der Waals surface area contributed by atoms with E-state index < -0.39 is 0 Å². The molecule has 0 aromatic heterocycles. The number of hydrogen-bond donors (Lipinski definition) is 2. The van der Waals surface area contributed by atoms with Gasteiger partial charge >= 0.3 is 0 Å². The maximum absolute atomic E-state index is 5.41. The zero-order chi connectivity index (χ0) is 14.2. The van der Waals surface area contributed by atoms with E-state index in [9.17, 15) is 0 Å². The van der Waals surface area contributed by atoms with Crippen molar-refractivity contribution in [2.75, 3.05) is 43.1 Å². The van der Waals surface area contributed by atoms with Crippen molar-refractivity contribution in [3.63, 3.8) is 0 Å². The Morgan fingerprint density at radius 1 is 1.30 bits per heavy atom. The lowest BCUT2D eigenvalue weighted by molar-refractivity contribution is 0.123. The molecule has 5 heteroatoms. The first-order valence-electron chi connectivity index (χ1n) is 7.28. The first-order chi connectivity index (χ1) is 9.81. The van der Waals surface area contributed by atoms with Crippen LogP contribution in [0.4, 0.5) is 11.4 Å². The summed E-state index contributed by atoms with van der Waals surface area (Å²) in [4.78, 5) is 2.33. The molecule has 4 nitrogen and oxygen atoms in total. The quantitative estimate of drug-likeness (QED) is 0.645. The van der Waals surface area contributed by atoms with Gasteiger partial charge in [-0.15, -0.1) is 0 Å². The first kappa shape index (κ1) is 15.1. The summed E-state index contributed by atoms with van der Waals surface area (Å²) in [7, 11) is 0. The van der Waals surface area contributed by atoms with Crippen molar-refractivity contribution >= 4 is 28.7 Å². The van der Waals surface area contributed by atoms with Gasteiger partial charge in [-0.25, -0.2) is 0 Å². The average Bonchev–Trinajstić information content (AvgIpc) is 2.49. The molecule has 110 valence electrons. The second-order valence-electron chi connectivity index (χ2n) is 4.85. The van der Waals surface area contributed by atoms with Crippen LogP contribution >= 0.6 is 12.2 Å². The Morgan fingerprint density at radius 3 is 2.80 bits per heavy atom. The summed E-state index contributed by atoms with van der Waals surface area (Å²) >= 11 is 5.34. The molecular formula is C15H23N3OS. The fraction of sp³-hybridized carbons (Fsp3) is 0.533. The third-order valence-electron chi connectivity index (χ3n) is 3.32. The SMILES string of the molecule is CCCCNC(=S)Nc1ccccc1N1CCOCC1. The number of para-hydroxylation sites is 2. The molecule has 0 spiro atoms. The van der Waals surface area contributed by atoms with E-state index in [0.717, 1.165) is 45.0 Å². The molecule has 2 rings (SSSR count). The van der Waals surface area contributed by atoms with Gasteiger partial charge < -0.3 is 20.3 Å². The molecule has 1 saturated heterocycles. The molecule has 0 unspecified atom stereocenters. The molecule has 1 heterocycles.